The predicted octanol–water partition coefficient (Wildman–Crippen LogP) is 2.22. The van der Waals surface area contributed by atoms with Gasteiger partial charge in [-0.2, -0.15) is 0 Å². The molecular formula is C21H30N2O4. The molecule has 6 nitrogen and oxygen atoms in total. The van der Waals surface area contributed by atoms with Crippen LogP contribution in [0, 0.1) is 11.8 Å². The van der Waals surface area contributed by atoms with Gasteiger partial charge < -0.3 is 15.4 Å². The molecule has 2 atom stereocenters. The number of ether oxygens (including phenoxy) is 1. The molecule has 6 heteroatoms. The Hall–Kier alpha value is -2.37. The van der Waals surface area contributed by atoms with Gasteiger partial charge in [0.2, 0.25) is 11.8 Å². The standard InChI is InChI=1S/C21H30N2O4/c1-13(2)18(23-19(24)16-10-11-16)20(25)22-17(21(26)27-14(3)4)12-15-8-6-5-7-9-15/h5-9,13-14,16-18H,10-12H2,1-4H3,(H,22,25)(H,23,24). The molecule has 1 aromatic carbocycles. The van der Waals surface area contributed by atoms with Crippen molar-refractivity contribution in [2.75, 3.05) is 0 Å². The van der Waals surface area contributed by atoms with Crippen LogP contribution in [0.25, 0.3) is 0 Å². The monoisotopic (exact) mass is 374 g/mol. The first-order valence-corrected chi connectivity index (χ1v) is 9.63. The normalized spacial score (nSPS) is 15.9. The summed E-state index contributed by atoms with van der Waals surface area (Å²) < 4.78 is 5.31. The van der Waals surface area contributed by atoms with E-state index >= 15 is 0 Å². The van der Waals surface area contributed by atoms with Gasteiger partial charge in [0.1, 0.15) is 12.1 Å². The van der Waals surface area contributed by atoms with Crippen LogP contribution in [-0.2, 0) is 25.5 Å². The maximum absolute atomic E-state index is 12.8. The Bertz CT molecular complexity index is 653. The predicted molar refractivity (Wildman–Crippen MR) is 103 cm³/mol. The number of hydrogen-bond donors (Lipinski definition) is 2. The van der Waals surface area contributed by atoms with Gasteiger partial charge in [-0.15, -0.1) is 0 Å². The van der Waals surface area contributed by atoms with Crippen LogP contribution < -0.4 is 10.6 Å². The van der Waals surface area contributed by atoms with E-state index in [1.807, 2.05) is 44.2 Å². The van der Waals surface area contributed by atoms with Crippen molar-refractivity contribution in [3.63, 3.8) is 0 Å². The summed E-state index contributed by atoms with van der Waals surface area (Å²) in [5.41, 5.74) is 0.923. The minimum absolute atomic E-state index is 0.0186. The van der Waals surface area contributed by atoms with Gasteiger partial charge in [0.25, 0.3) is 0 Å². The zero-order valence-corrected chi connectivity index (χ0v) is 16.5. The molecule has 0 heterocycles. The largest absolute Gasteiger partial charge is 0.461 e. The van der Waals surface area contributed by atoms with E-state index in [-0.39, 0.29) is 29.8 Å². The molecule has 2 rings (SSSR count). The average Bonchev–Trinajstić information content (AvgIpc) is 3.44. The van der Waals surface area contributed by atoms with E-state index < -0.39 is 18.1 Å². The maximum Gasteiger partial charge on any atom is 0.329 e. The Balaban J connectivity index is 2.09. The molecule has 0 bridgehead atoms. The first-order valence-electron chi connectivity index (χ1n) is 9.63. The van der Waals surface area contributed by atoms with Crippen LogP contribution in [0.5, 0.6) is 0 Å². The molecule has 0 radical (unpaired) electrons. The third-order valence-electron chi connectivity index (χ3n) is 4.43. The molecule has 1 aliphatic carbocycles. The number of rotatable bonds is 9. The molecule has 27 heavy (non-hydrogen) atoms. The van der Waals surface area contributed by atoms with Crippen LogP contribution in [-0.4, -0.2) is 36.0 Å². The van der Waals surface area contributed by atoms with Gasteiger partial charge in [0.15, 0.2) is 0 Å². The number of nitrogens with one attached hydrogen (secondary N) is 2. The highest BCUT2D eigenvalue weighted by atomic mass is 16.5. The minimum atomic E-state index is -0.804. The molecule has 2 amide bonds. The fraction of sp³-hybridized carbons (Fsp3) is 0.571. The van der Waals surface area contributed by atoms with Crippen LogP contribution in [0.3, 0.4) is 0 Å². The van der Waals surface area contributed by atoms with E-state index in [1.54, 1.807) is 13.8 Å². The molecule has 0 aromatic heterocycles. The third kappa shape index (κ3) is 6.70. The second-order valence-corrected chi connectivity index (χ2v) is 7.74. The second-order valence-electron chi connectivity index (χ2n) is 7.74. The van der Waals surface area contributed by atoms with Gasteiger partial charge in [-0.1, -0.05) is 44.2 Å². The number of amides is 2. The van der Waals surface area contributed by atoms with Crippen LogP contribution in [0.2, 0.25) is 0 Å². The van der Waals surface area contributed by atoms with Crippen molar-refractivity contribution in [1.82, 2.24) is 10.6 Å². The summed E-state index contributed by atoms with van der Waals surface area (Å²) in [4.78, 5) is 37.4. The third-order valence-corrected chi connectivity index (χ3v) is 4.43. The first kappa shape index (κ1) is 20.9. The van der Waals surface area contributed by atoms with Crippen molar-refractivity contribution < 1.29 is 19.1 Å². The molecule has 148 valence electrons. The highest BCUT2D eigenvalue weighted by Gasteiger charge is 2.35. The number of benzene rings is 1. The van der Waals surface area contributed by atoms with Crippen LogP contribution >= 0.6 is 0 Å². The molecule has 1 aliphatic rings. The fourth-order valence-electron chi connectivity index (χ4n) is 2.77. The van der Waals surface area contributed by atoms with E-state index in [1.165, 1.54) is 0 Å². The van der Waals surface area contributed by atoms with Crippen molar-refractivity contribution >= 4 is 17.8 Å². The summed E-state index contributed by atoms with van der Waals surface area (Å²) >= 11 is 0. The van der Waals surface area contributed by atoms with Gasteiger partial charge >= 0.3 is 5.97 Å². The Morgan fingerprint density at radius 1 is 1.04 bits per heavy atom. The average molecular weight is 374 g/mol. The second kappa shape index (κ2) is 9.53. The summed E-state index contributed by atoms with van der Waals surface area (Å²) in [6.07, 6.45) is 1.80. The van der Waals surface area contributed by atoms with Gasteiger partial charge in [-0.25, -0.2) is 4.79 Å². The van der Waals surface area contributed by atoms with Gasteiger partial charge in [-0.3, -0.25) is 9.59 Å². The minimum Gasteiger partial charge on any atom is -0.461 e. The lowest BCUT2D eigenvalue weighted by molar-refractivity contribution is -0.151. The summed E-state index contributed by atoms with van der Waals surface area (Å²) in [5, 5.41) is 5.61. The molecule has 0 spiro atoms. The lowest BCUT2D eigenvalue weighted by Crippen LogP contribution is -2.54. The fourth-order valence-corrected chi connectivity index (χ4v) is 2.77. The molecular weight excluding hydrogens is 344 g/mol. The summed E-state index contributed by atoms with van der Waals surface area (Å²) in [5.74, 6) is -0.997. The van der Waals surface area contributed by atoms with Crippen LogP contribution in [0.4, 0.5) is 0 Å². The summed E-state index contributed by atoms with van der Waals surface area (Å²) in [6.45, 7) is 7.28. The quantitative estimate of drug-likeness (QED) is 0.649. The van der Waals surface area contributed by atoms with Crippen LogP contribution in [0.1, 0.15) is 46.1 Å². The van der Waals surface area contributed by atoms with Crippen molar-refractivity contribution in [3.8, 4) is 0 Å². The van der Waals surface area contributed by atoms with Gasteiger partial charge in [-0.05, 0) is 38.2 Å². The molecule has 0 aliphatic heterocycles. The molecule has 2 unspecified atom stereocenters. The zero-order chi connectivity index (χ0) is 20.0. The Morgan fingerprint density at radius 3 is 2.19 bits per heavy atom. The lowest BCUT2D eigenvalue weighted by Gasteiger charge is -2.25. The topological polar surface area (TPSA) is 84.5 Å². The van der Waals surface area contributed by atoms with E-state index in [2.05, 4.69) is 10.6 Å². The van der Waals surface area contributed by atoms with E-state index in [4.69, 9.17) is 4.74 Å². The molecule has 0 saturated heterocycles. The molecule has 1 saturated carbocycles. The van der Waals surface area contributed by atoms with Gasteiger partial charge in [0, 0.05) is 12.3 Å². The highest BCUT2D eigenvalue weighted by Crippen LogP contribution is 2.29. The first-order chi connectivity index (χ1) is 12.8. The number of esters is 1. The lowest BCUT2D eigenvalue weighted by atomic mass is 10.0. The van der Waals surface area contributed by atoms with E-state index in [9.17, 15) is 14.4 Å². The smallest absolute Gasteiger partial charge is 0.329 e. The van der Waals surface area contributed by atoms with Crippen molar-refractivity contribution in [3.05, 3.63) is 35.9 Å². The summed E-state index contributed by atoms with van der Waals surface area (Å²) in [6, 6.07) is 7.98. The van der Waals surface area contributed by atoms with E-state index in [0.29, 0.717) is 6.42 Å². The van der Waals surface area contributed by atoms with Crippen molar-refractivity contribution in [2.45, 2.75) is 65.1 Å². The van der Waals surface area contributed by atoms with Crippen LogP contribution in [0.15, 0.2) is 30.3 Å². The molecule has 1 fully saturated rings. The van der Waals surface area contributed by atoms with Crippen molar-refractivity contribution in [1.29, 1.82) is 0 Å². The molecule has 2 N–H and O–H groups in total. The number of carbonyl (C=O) groups excluding carboxylic acids is 3. The zero-order valence-electron chi connectivity index (χ0n) is 16.5. The Labute approximate surface area is 161 Å². The number of carbonyl (C=O) groups is 3. The molecule has 1 aromatic rings. The summed E-state index contributed by atoms with van der Waals surface area (Å²) in [7, 11) is 0. The Kier molecular flexibility index (Phi) is 7.39. The van der Waals surface area contributed by atoms with E-state index in [0.717, 1.165) is 18.4 Å². The SMILES string of the molecule is CC(C)OC(=O)C(Cc1ccccc1)NC(=O)C(NC(=O)C1CC1)C(C)C. The highest BCUT2D eigenvalue weighted by molar-refractivity contribution is 5.92. The van der Waals surface area contributed by atoms with Crippen molar-refractivity contribution in [2.24, 2.45) is 11.8 Å². The van der Waals surface area contributed by atoms with Gasteiger partial charge in [0.05, 0.1) is 6.10 Å². The maximum atomic E-state index is 12.8. The Morgan fingerprint density at radius 2 is 1.67 bits per heavy atom. The number of hydrogen-bond acceptors (Lipinski definition) is 4.